The van der Waals surface area contributed by atoms with Crippen molar-refractivity contribution in [2.45, 2.75) is 50.3 Å². The fraction of sp³-hybridized carbons (Fsp3) is 0.467. The van der Waals surface area contributed by atoms with Gasteiger partial charge in [-0.2, -0.15) is 0 Å². The summed E-state index contributed by atoms with van der Waals surface area (Å²) in [6.07, 6.45) is 0. The summed E-state index contributed by atoms with van der Waals surface area (Å²) in [4.78, 5) is 24.0. The Hall–Kier alpha value is -1.49. The van der Waals surface area contributed by atoms with Gasteiger partial charge in [-0.25, -0.2) is 0 Å². The number of carbonyl (C=O) groups is 2. The highest BCUT2D eigenvalue weighted by Gasteiger charge is 2.31. The molecule has 110 valence electrons. The van der Waals surface area contributed by atoms with Crippen molar-refractivity contribution in [2.24, 2.45) is 0 Å². The molecule has 0 bridgehead atoms. The molecule has 5 heteroatoms. The van der Waals surface area contributed by atoms with Crippen LogP contribution >= 0.6 is 11.8 Å². The number of benzene rings is 1. The van der Waals surface area contributed by atoms with Crippen LogP contribution in [0.3, 0.4) is 0 Å². The van der Waals surface area contributed by atoms with E-state index in [1.807, 2.05) is 26.0 Å². The van der Waals surface area contributed by atoms with Crippen LogP contribution in [0, 0.1) is 13.8 Å². The molecule has 0 radical (unpaired) electrons. The number of aryl methyl sites for hydroxylation is 2. The lowest BCUT2D eigenvalue weighted by molar-refractivity contribution is -0.141. The zero-order valence-electron chi connectivity index (χ0n) is 12.5. The van der Waals surface area contributed by atoms with Crippen LogP contribution in [0.4, 0.5) is 0 Å². The van der Waals surface area contributed by atoms with Crippen LogP contribution in [0.15, 0.2) is 23.1 Å². The minimum Gasteiger partial charge on any atom is -0.480 e. The molecular weight excluding hydrogens is 274 g/mol. The van der Waals surface area contributed by atoms with Gasteiger partial charge in [-0.3, -0.25) is 9.59 Å². The summed E-state index contributed by atoms with van der Waals surface area (Å²) in [5.41, 5.74) is 2.29. The Morgan fingerprint density at radius 1 is 1.30 bits per heavy atom. The SMILES string of the molecule is Cc1ccc(SC(C)(C)C(=O)NC(C)C(=O)O)c(C)c1. The molecule has 0 aromatic heterocycles. The fourth-order valence-corrected chi connectivity index (χ4v) is 2.72. The second-order valence-corrected chi connectivity index (χ2v) is 7.08. The molecule has 0 saturated carbocycles. The molecule has 0 heterocycles. The van der Waals surface area contributed by atoms with Gasteiger partial charge in [-0.15, -0.1) is 11.8 Å². The van der Waals surface area contributed by atoms with Gasteiger partial charge in [-0.1, -0.05) is 17.7 Å². The highest BCUT2D eigenvalue weighted by molar-refractivity contribution is 8.01. The first-order chi connectivity index (χ1) is 9.13. The third-order valence-corrected chi connectivity index (χ3v) is 4.33. The third-order valence-electron chi connectivity index (χ3n) is 2.96. The molecule has 2 N–H and O–H groups in total. The Labute approximate surface area is 124 Å². The molecule has 4 nitrogen and oxygen atoms in total. The molecular formula is C15H21NO3S. The molecule has 0 spiro atoms. The first kappa shape index (κ1) is 16.6. The van der Waals surface area contributed by atoms with E-state index in [2.05, 4.69) is 11.4 Å². The van der Waals surface area contributed by atoms with Crippen LogP contribution in [0.5, 0.6) is 0 Å². The number of carboxylic acids is 1. The van der Waals surface area contributed by atoms with E-state index in [9.17, 15) is 9.59 Å². The molecule has 20 heavy (non-hydrogen) atoms. The highest BCUT2D eigenvalue weighted by atomic mass is 32.2. The average molecular weight is 295 g/mol. The summed E-state index contributed by atoms with van der Waals surface area (Å²) in [6, 6.07) is 5.17. The second-order valence-electron chi connectivity index (χ2n) is 5.41. The lowest BCUT2D eigenvalue weighted by atomic mass is 10.1. The van der Waals surface area contributed by atoms with Crippen LogP contribution < -0.4 is 5.32 Å². The molecule has 1 amide bonds. The smallest absolute Gasteiger partial charge is 0.325 e. The van der Waals surface area contributed by atoms with Crippen molar-refractivity contribution < 1.29 is 14.7 Å². The van der Waals surface area contributed by atoms with Crippen molar-refractivity contribution in [3.63, 3.8) is 0 Å². The van der Waals surface area contributed by atoms with Gasteiger partial charge in [0, 0.05) is 4.90 Å². The van der Waals surface area contributed by atoms with E-state index in [4.69, 9.17) is 5.11 Å². The van der Waals surface area contributed by atoms with Gasteiger partial charge < -0.3 is 10.4 Å². The predicted molar refractivity (Wildman–Crippen MR) is 81.1 cm³/mol. The summed E-state index contributed by atoms with van der Waals surface area (Å²) >= 11 is 1.44. The summed E-state index contributed by atoms with van der Waals surface area (Å²) in [6.45, 7) is 9.07. The van der Waals surface area contributed by atoms with E-state index in [-0.39, 0.29) is 5.91 Å². The molecule has 1 atom stereocenters. The third kappa shape index (κ3) is 4.27. The van der Waals surface area contributed by atoms with Crippen LogP contribution in [-0.4, -0.2) is 27.8 Å². The molecule has 1 aromatic carbocycles. The van der Waals surface area contributed by atoms with Gasteiger partial charge in [0.15, 0.2) is 0 Å². The first-order valence-electron chi connectivity index (χ1n) is 6.43. The van der Waals surface area contributed by atoms with E-state index in [1.165, 1.54) is 24.2 Å². The predicted octanol–water partition coefficient (Wildman–Crippen LogP) is 2.76. The largest absolute Gasteiger partial charge is 0.480 e. The topological polar surface area (TPSA) is 66.4 Å². The molecule has 0 aliphatic carbocycles. The van der Waals surface area contributed by atoms with Crippen molar-refractivity contribution in [3.8, 4) is 0 Å². The summed E-state index contributed by atoms with van der Waals surface area (Å²) in [5, 5.41) is 11.4. The maximum Gasteiger partial charge on any atom is 0.325 e. The number of carboxylic acid groups (broad SMARTS) is 1. The summed E-state index contributed by atoms with van der Waals surface area (Å²) in [5.74, 6) is -1.32. The van der Waals surface area contributed by atoms with Gasteiger partial charge >= 0.3 is 5.97 Å². The Morgan fingerprint density at radius 2 is 1.90 bits per heavy atom. The van der Waals surface area contributed by atoms with E-state index in [0.29, 0.717) is 0 Å². The van der Waals surface area contributed by atoms with Gasteiger partial charge in [0.25, 0.3) is 0 Å². The molecule has 0 aliphatic rings. The van der Waals surface area contributed by atoms with Crippen molar-refractivity contribution in [3.05, 3.63) is 29.3 Å². The number of nitrogens with one attached hydrogen (secondary N) is 1. The normalized spacial score (nSPS) is 12.8. The van der Waals surface area contributed by atoms with E-state index in [0.717, 1.165) is 10.5 Å². The van der Waals surface area contributed by atoms with Crippen LogP contribution in [-0.2, 0) is 9.59 Å². The Bertz CT molecular complexity index is 526. The summed E-state index contributed by atoms with van der Waals surface area (Å²) < 4.78 is -0.732. The number of carbonyl (C=O) groups excluding carboxylic acids is 1. The Balaban J connectivity index is 2.83. The zero-order valence-corrected chi connectivity index (χ0v) is 13.3. The van der Waals surface area contributed by atoms with Gasteiger partial charge in [0.1, 0.15) is 6.04 Å². The van der Waals surface area contributed by atoms with Crippen molar-refractivity contribution >= 4 is 23.6 Å². The summed E-state index contributed by atoms with van der Waals surface area (Å²) in [7, 11) is 0. The lowest BCUT2D eigenvalue weighted by Crippen LogP contribution is -2.46. The first-order valence-corrected chi connectivity index (χ1v) is 7.25. The highest BCUT2D eigenvalue weighted by Crippen LogP contribution is 2.35. The number of thioether (sulfide) groups is 1. The molecule has 1 unspecified atom stereocenters. The molecule has 0 aliphatic heterocycles. The van der Waals surface area contributed by atoms with Crippen molar-refractivity contribution in [2.75, 3.05) is 0 Å². The second kappa shape index (κ2) is 6.31. The molecule has 1 aromatic rings. The molecule has 0 saturated heterocycles. The standard InChI is InChI=1S/C15H21NO3S/c1-9-6-7-12(10(2)8-9)20-15(4,5)14(19)16-11(3)13(17)18/h6-8,11H,1-5H3,(H,16,19)(H,17,18). The number of aliphatic carboxylic acids is 1. The van der Waals surface area contributed by atoms with Crippen molar-refractivity contribution in [1.29, 1.82) is 0 Å². The molecule has 0 fully saturated rings. The quantitative estimate of drug-likeness (QED) is 0.820. The minimum atomic E-state index is -1.04. The maximum atomic E-state index is 12.2. The van der Waals surface area contributed by atoms with Gasteiger partial charge in [0.05, 0.1) is 4.75 Å². The fourth-order valence-electron chi connectivity index (χ4n) is 1.67. The Kier molecular flexibility index (Phi) is 5.22. The van der Waals surface area contributed by atoms with Crippen LogP contribution in [0.25, 0.3) is 0 Å². The number of rotatable bonds is 5. The number of amides is 1. The lowest BCUT2D eigenvalue weighted by Gasteiger charge is -2.25. The Morgan fingerprint density at radius 3 is 2.40 bits per heavy atom. The van der Waals surface area contributed by atoms with E-state index >= 15 is 0 Å². The van der Waals surface area contributed by atoms with Gasteiger partial charge in [-0.05, 0) is 46.2 Å². The number of hydrogen-bond acceptors (Lipinski definition) is 3. The molecule has 1 rings (SSSR count). The number of hydrogen-bond donors (Lipinski definition) is 2. The van der Waals surface area contributed by atoms with Crippen LogP contribution in [0.1, 0.15) is 31.9 Å². The van der Waals surface area contributed by atoms with Crippen molar-refractivity contribution in [1.82, 2.24) is 5.32 Å². The zero-order chi connectivity index (χ0) is 15.5. The average Bonchev–Trinajstić information content (AvgIpc) is 2.32. The van der Waals surface area contributed by atoms with E-state index < -0.39 is 16.8 Å². The monoisotopic (exact) mass is 295 g/mol. The van der Waals surface area contributed by atoms with E-state index in [1.54, 1.807) is 13.8 Å². The van der Waals surface area contributed by atoms with Gasteiger partial charge in [0.2, 0.25) is 5.91 Å². The maximum absolute atomic E-state index is 12.2. The van der Waals surface area contributed by atoms with Crippen LogP contribution in [0.2, 0.25) is 0 Å². The minimum absolute atomic E-state index is 0.280.